The molecule has 0 fully saturated rings. The molecule has 0 atom stereocenters. The van der Waals surface area contributed by atoms with Gasteiger partial charge in [0.05, 0.1) is 0 Å². The molecule has 7 heteroatoms. The molecule has 0 aliphatic carbocycles. The van der Waals surface area contributed by atoms with Crippen molar-refractivity contribution in [2.45, 2.75) is 6.61 Å². The largest absolute Gasteiger partial charge is 0.435 e. The number of nitrogens with zero attached hydrogens (tertiary/aromatic N) is 2. The first kappa shape index (κ1) is 10.8. The summed E-state index contributed by atoms with van der Waals surface area (Å²) in [5, 5.41) is 3.38. The molecule has 0 spiro atoms. The van der Waals surface area contributed by atoms with E-state index in [4.69, 9.17) is 16.1 Å². The van der Waals surface area contributed by atoms with Crippen LogP contribution in [0.2, 0.25) is 5.28 Å². The molecule has 0 aliphatic rings. The quantitative estimate of drug-likeness (QED) is 0.835. The maximum Gasteiger partial charge on any atom is 0.387 e. The lowest BCUT2D eigenvalue weighted by Crippen LogP contribution is -2.01. The molecular formula is C9H5ClF2N2O2. The van der Waals surface area contributed by atoms with Gasteiger partial charge < -0.3 is 9.26 Å². The van der Waals surface area contributed by atoms with Crippen LogP contribution in [0.25, 0.3) is 11.5 Å². The third-order valence-corrected chi connectivity index (χ3v) is 1.88. The molecular weight excluding hydrogens is 242 g/mol. The Morgan fingerprint density at radius 2 is 1.94 bits per heavy atom. The Labute approximate surface area is 93.8 Å². The van der Waals surface area contributed by atoms with Crippen LogP contribution in [0.5, 0.6) is 5.75 Å². The Kier molecular flexibility index (Phi) is 3.00. The van der Waals surface area contributed by atoms with Gasteiger partial charge in [-0.1, -0.05) is 0 Å². The van der Waals surface area contributed by atoms with Crippen LogP contribution >= 0.6 is 11.6 Å². The molecule has 1 aromatic carbocycles. The number of hydrogen-bond acceptors (Lipinski definition) is 4. The molecule has 0 amide bonds. The van der Waals surface area contributed by atoms with E-state index in [1.165, 1.54) is 24.3 Å². The average molecular weight is 247 g/mol. The topological polar surface area (TPSA) is 48.2 Å². The monoisotopic (exact) mass is 246 g/mol. The molecule has 0 unspecified atom stereocenters. The highest BCUT2D eigenvalue weighted by Crippen LogP contribution is 2.22. The number of aromatic nitrogens is 2. The molecule has 4 nitrogen and oxygen atoms in total. The fraction of sp³-hybridized carbons (Fsp3) is 0.111. The Balaban J connectivity index is 2.19. The SMILES string of the molecule is FC(F)Oc1ccc(-c2nc(Cl)no2)cc1. The van der Waals surface area contributed by atoms with Gasteiger partial charge >= 0.3 is 6.61 Å². The van der Waals surface area contributed by atoms with Gasteiger partial charge in [0.15, 0.2) is 0 Å². The highest BCUT2D eigenvalue weighted by Gasteiger charge is 2.08. The van der Waals surface area contributed by atoms with E-state index in [-0.39, 0.29) is 16.9 Å². The van der Waals surface area contributed by atoms with Crippen LogP contribution in [0.4, 0.5) is 8.78 Å². The van der Waals surface area contributed by atoms with E-state index in [1.807, 2.05) is 0 Å². The van der Waals surface area contributed by atoms with Gasteiger partial charge in [-0.2, -0.15) is 13.8 Å². The molecule has 0 radical (unpaired) electrons. The van der Waals surface area contributed by atoms with Gasteiger partial charge in [0.2, 0.25) is 0 Å². The smallest absolute Gasteiger partial charge is 0.387 e. The van der Waals surface area contributed by atoms with E-state index >= 15 is 0 Å². The van der Waals surface area contributed by atoms with E-state index in [2.05, 4.69) is 14.9 Å². The van der Waals surface area contributed by atoms with E-state index in [0.717, 1.165) is 0 Å². The van der Waals surface area contributed by atoms with Crippen molar-refractivity contribution in [3.05, 3.63) is 29.5 Å². The number of alkyl halides is 2. The maximum atomic E-state index is 11.9. The van der Waals surface area contributed by atoms with E-state index in [9.17, 15) is 8.78 Å². The molecule has 0 saturated heterocycles. The van der Waals surface area contributed by atoms with Crippen molar-refractivity contribution in [1.29, 1.82) is 0 Å². The highest BCUT2D eigenvalue weighted by molar-refractivity contribution is 6.28. The van der Waals surface area contributed by atoms with E-state index in [0.29, 0.717) is 5.56 Å². The molecule has 16 heavy (non-hydrogen) atoms. The molecule has 1 heterocycles. The van der Waals surface area contributed by atoms with Gasteiger partial charge in [-0.15, -0.1) is 0 Å². The first-order valence-electron chi connectivity index (χ1n) is 4.19. The fourth-order valence-electron chi connectivity index (χ4n) is 1.10. The summed E-state index contributed by atoms with van der Waals surface area (Å²) in [6.45, 7) is -2.84. The van der Waals surface area contributed by atoms with Crippen LogP contribution in [0, 0.1) is 0 Å². The van der Waals surface area contributed by atoms with E-state index < -0.39 is 6.61 Å². The summed E-state index contributed by atoms with van der Waals surface area (Å²) in [5.41, 5.74) is 0.570. The zero-order chi connectivity index (χ0) is 11.5. The predicted octanol–water partition coefficient (Wildman–Crippen LogP) is 2.99. The maximum absolute atomic E-state index is 11.9. The predicted molar refractivity (Wildman–Crippen MR) is 51.4 cm³/mol. The number of benzene rings is 1. The van der Waals surface area contributed by atoms with Crippen molar-refractivity contribution in [3.63, 3.8) is 0 Å². The van der Waals surface area contributed by atoms with Crippen LogP contribution in [-0.4, -0.2) is 16.8 Å². The minimum absolute atomic E-state index is 0.0112. The van der Waals surface area contributed by atoms with Crippen molar-refractivity contribution in [3.8, 4) is 17.2 Å². The van der Waals surface area contributed by atoms with Crippen molar-refractivity contribution in [2.24, 2.45) is 0 Å². The molecule has 0 bridgehead atoms. The Hall–Kier alpha value is -1.69. The van der Waals surface area contributed by atoms with Gasteiger partial charge in [-0.05, 0) is 41.0 Å². The third-order valence-electron chi connectivity index (χ3n) is 1.73. The van der Waals surface area contributed by atoms with E-state index in [1.54, 1.807) is 0 Å². The lowest BCUT2D eigenvalue weighted by Gasteiger charge is -2.03. The van der Waals surface area contributed by atoms with Gasteiger partial charge in [-0.25, -0.2) is 0 Å². The molecule has 2 aromatic rings. The fourth-order valence-corrected chi connectivity index (χ4v) is 1.21. The first-order chi connectivity index (χ1) is 7.65. The van der Waals surface area contributed by atoms with Crippen molar-refractivity contribution in [2.75, 3.05) is 0 Å². The van der Waals surface area contributed by atoms with Crippen LogP contribution in [0.1, 0.15) is 0 Å². The minimum Gasteiger partial charge on any atom is -0.435 e. The van der Waals surface area contributed by atoms with Crippen molar-refractivity contribution in [1.82, 2.24) is 10.1 Å². The summed E-state index contributed by atoms with van der Waals surface area (Å²) in [7, 11) is 0. The standard InChI is InChI=1S/C9H5ClF2N2O2/c10-8-13-7(16-14-8)5-1-3-6(4-2-5)15-9(11)12/h1-4,9H. The number of ether oxygens (including phenoxy) is 1. The summed E-state index contributed by atoms with van der Waals surface area (Å²) in [5.74, 6) is 0.276. The van der Waals surface area contributed by atoms with Gasteiger partial charge in [-0.3, -0.25) is 0 Å². The second-order valence-corrected chi connectivity index (χ2v) is 3.11. The van der Waals surface area contributed by atoms with Gasteiger partial charge in [0.1, 0.15) is 5.75 Å². The molecule has 1 aromatic heterocycles. The Bertz CT molecular complexity index is 473. The first-order valence-corrected chi connectivity index (χ1v) is 4.57. The van der Waals surface area contributed by atoms with Crippen LogP contribution in [0.3, 0.4) is 0 Å². The number of hydrogen-bond donors (Lipinski definition) is 0. The third kappa shape index (κ3) is 2.46. The zero-order valence-corrected chi connectivity index (χ0v) is 8.49. The van der Waals surface area contributed by atoms with Gasteiger partial charge in [0, 0.05) is 5.56 Å². The second kappa shape index (κ2) is 4.44. The zero-order valence-electron chi connectivity index (χ0n) is 7.73. The summed E-state index contributed by atoms with van der Waals surface area (Å²) >= 11 is 5.47. The number of halogens is 3. The molecule has 0 N–H and O–H groups in total. The minimum atomic E-state index is -2.84. The van der Waals surface area contributed by atoms with Crippen molar-refractivity contribution < 1.29 is 18.0 Å². The molecule has 84 valence electrons. The van der Waals surface area contributed by atoms with Crippen molar-refractivity contribution >= 4 is 11.6 Å². The van der Waals surface area contributed by atoms with Crippen LogP contribution in [0.15, 0.2) is 28.8 Å². The Morgan fingerprint density at radius 1 is 1.25 bits per heavy atom. The molecule has 0 saturated carbocycles. The number of rotatable bonds is 3. The summed E-state index contributed by atoms with van der Waals surface area (Å²) in [6.07, 6.45) is 0. The average Bonchev–Trinajstić information content (AvgIpc) is 2.65. The molecule has 0 aliphatic heterocycles. The summed E-state index contributed by atoms with van der Waals surface area (Å²) < 4.78 is 32.7. The molecule has 2 rings (SSSR count). The second-order valence-electron chi connectivity index (χ2n) is 2.77. The van der Waals surface area contributed by atoms with Crippen LogP contribution < -0.4 is 4.74 Å². The normalized spacial score (nSPS) is 10.8. The summed E-state index contributed by atoms with van der Waals surface area (Å²) in [6, 6.07) is 5.78. The van der Waals surface area contributed by atoms with Gasteiger partial charge in [0.25, 0.3) is 11.2 Å². The summed E-state index contributed by atoms with van der Waals surface area (Å²) in [4.78, 5) is 3.77. The Morgan fingerprint density at radius 3 is 2.44 bits per heavy atom. The van der Waals surface area contributed by atoms with Crippen LogP contribution in [-0.2, 0) is 0 Å². The lowest BCUT2D eigenvalue weighted by molar-refractivity contribution is -0.0498. The highest BCUT2D eigenvalue weighted by atomic mass is 35.5. The lowest BCUT2D eigenvalue weighted by atomic mass is 10.2.